The number of carbonyl (C=O) groups excluding carboxylic acids is 5. The van der Waals surface area contributed by atoms with Crippen LogP contribution in [-0.2, 0) is 95.2 Å². The third-order valence-corrected chi connectivity index (χ3v) is 26.3. The molecular weight excluding hydrogens is 1830 g/mol. The molecule has 0 aromatic carbocycles. The molecular formula is C92H160N4O42. The first-order chi connectivity index (χ1) is 65.6. The van der Waals surface area contributed by atoms with Crippen LogP contribution >= 0.6 is 0 Å². The SMILES string of the molecule is CCCCCCCCCCCCC/C=C\[C@@H](O)[C@H](CO[C@@H]1O[C@H](CO)[C@@H](O[C@@H]2O[C@H](CO)[C@H](O[C@@H]3O[C@H](CO)[C@H](O)[C@H](O)[C@H]3CC(C)=O)[C@H](O[C@]3(C(=O)O)C[C@H](O)[C@@H](NC(C)=O)C([C@H](O)[C@@H](CO)O[C@]4(C(=O)O)C[C@H](O)[C@@H](NC(C)=O)C([C@H](O)[C@@H](CO)O[C@]5(C(=O)O)C[C@H](O)[C@@H](NC(C)=O)C([C@H](O)[C@H](O)CO)O5)O4)O3)[C@H]2O)[C@H](O)[C@H]1O)NC(=O)CCCCCCCCCCCCCCCCCCC. The number of hydrogen-bond acceptors (Lipinski definition) is 39. The first-order valence-corrected chi connectivity index (χ1v) is 49.1. The van der Waals surface area contributed by atoms with Crippen LogP contribution in [0, 0.1) is 5.92 Å². The molecule has 800 valence electrons. The molecule has 3 unspecified atom stereocenters. The molecule has 138 heavy (non-hydrogen) atoms. The van der Waals surface area contributed by atoms with Gasteiger partial charge >= 0.3 is 17.9 Å². The molecule has 6 heterocycles. The number of carboxylic acid groups (broad SMARTS) is 3. The summed E-state index contributed by atoms with van der Waals surface area (Å²) < 4.78 is 72.0. The second-order valence-corrected chi connectivity index (χ2v) is 37.5. The van der Waals surface area contributed by atoms with E-state index < -0.39 is 332 Å². The Balaban J connectivity index is 1.31. The predicted molar refractivity (Wildman–Crippen MR) is 479 cm³/mol. The number of ether oxygens (including phenoxy) is 12. The van der Waals surface area contributed by atoms with E-state index in [2.05, 4.69) is 35.1 Å². The van der Waals surface area contributed by atoms with Crippen LogP contribution in [0.5, 0.6) is 0 Å². The average Bonchev–Trinajstić information content (AvgIpc) is 0.741. The summed E-state index contributed by atoms with van der Waals surface area (Å²) >= 11 is 0. The molecule has 6 saturated heterocycles. The highest BCUT2D eigenvalue weighted by molar-refractivity contribution is 5.79. The lowest BCUT2D eigenvalue weighted by molar-refractivity contribution is -0.404. The van der Waals surface area contributed by atoms with Gasteiger partial charge in [-0.2, -0.15) is 0 Å². The van der Waals surface area contributed by atoms with Crippen molar-refractivity contribution >= 4 is 47.3 Å². The number of unbranched alkanes of at least 4 members (excludes halogenated alkanes) is 27. The van der Waals surface area contributed by atoms with Crippen molar-refractivity contribution in [2.45, 2.75) is 467 Å². The Hall–Kier alpha value is -5.54. The van der Waals surface area contributed by atoms with E-state index in [1.165, 1.54) is 115 Å². The Morgan fingerprint density at radius 3 is 1.19 bits per heavy atom. The predicted octanol–water partition coefficient (Wildman–Crippen LogP) is -2.65. The van der Waals surface area contributed by atoms with Gasteiger partial charge in [-0.3, -0.25) is 19.2 Å². The van der Waals surface area contributed by atoms with E-state index in [4.69, 9.17) is 56.8 Å². The minimum Gasteiger partial charge on any atom is -0.477 e. The molecule has 46 heteroatoms. The van der Waals surface area contributed by atoms with E-state index in [1.807, 2.05) is 0 Å². The quantitative estimate of drug-likeness (QED) is 0.0218. The Labute approximate surface area is 804 Å². The van der Waals surface area contributed by atoms with Gasteiger partial charge in [0.15, 0.2) is 18.9 Å². The summed E-state index contributed by atoms with van der Waals surface area (Å²) in [5.74, 6) is -23.6. The number of carboxylic acids is 3. The molecule has 0 bridgehead atoms. The number of allylic oxidation sites excluding steroid dienone is 1. The molecule has 0 spiro atoms. The molecule has 26 N–H and O–H groups in total. The van der Waals surface area contributed by atoms with Gasteiger partial charge in [0.05, 0.1) is 101 Å². The van der Waals surface area contributed by atoms with Gasteiger partial charge in [-0.05, 0) is 26.2 Å². The lowest BCUT2D eigenvalue weighted by Gasteiger charge is -2.53. The molecule has 4 amide bonds. The Morgan fingerprint density at radius 1 is 0.413 bits per heavy atom. The van der Waals surface area contributed by atoms with Crippen LogP contribution in [0.3, 0.4) is 0 Å². The summed E-state index contributed by atoms with van der Waals surface area (Å²) in [5.41, 5.74) is 0. The van der Waals surface area contributed by atoms with Crippen LogP contribution in [0.25, 0.3) is 0 Å². The number of aliphatic carboxylic acids is 3. The molecule has 0 radical (unpaired) electrons. The minimum atomic E-state index is -3.71. The third-order valence-electron chi connectivity index (χ3n) is 26.3. The number of hydrogen-bond donors (Lipinski definition) is 26. The number of carbonyl (C=O) groups is 8. The highest BCUT2D eigenvalue weighted by Crippen LogP contribution is 2.45. The van der Waals surface area contributed by atoms with Crippen molar-refractivity contribution in [2.24, 2.45) is 5.92 Å². The minimum absolute atomic E-state index is 0.0832. The van der Waals surface area contributed by atoms with Gasteiger partial charge in [0.25, 0.3) is 17.4 Å². The van der Waals surface area contributed by atoms with E-state index >= 15 is 0 Å². The van der Waals surface area contributed by atoms with Crippen LogP contribution in [0.15, 0.2) is 12.2 Å². The van der Waals surface area contributed by atoms with Gasteiger partial charge in [0.1, 0.15) is 122 Å². The Bertz CT molecular complexity index is 3610. The van der Waals surface area contributed by atoms with Crippen molar-refractivity contribution < 1.29 is 208 Å². The standard InChI is InChI=1S/C92H160N4O42/c1-7-9-11-13-15-17-19-21-22-23-24-26-28-30-32-34-36-38-66(112)96-55(56(107)37-35-33-31-29-27-25-20-18-16-14-12-10-8-2)49-127-85-76(119)75(118)78(64(47-101)129-85)131-86-77(120)83(79(65(48-102)130-86)132-84-54(39-50(3)103)70(113)72(115)61(44-98)128-84)138-92(89(125)126)42-59(110)69(95-53(6)106)82(137-92)74(117)63(46-100)134-91(88(123)124)41-58(109)68(94-52(5)105)81(136-91)73(116)62(45-99)133-90(87(121)122)40-57(108)67(93-51(4)104)80(135-90)71(114)60(111)43-97/h35,37,54-65,67-86,97-102,107-111,113-120H,7-34,36,38-49H2,1-6H3,(H,93,104)(H,94,105)(H,95,106)(H,96,112)(H,121,122)(H,123,124)(H,125,126)/b37-35-/t54-,55+,56-,57+,58+,59+,60-,61-,62-,63-,64-,65-,67-,68-,69-,70-,71-,72+,73-,74-,75-,76-,77-,78-,79+,80?,81?,82?,83-,84+,85-,86+,90-,91-,92+/m1/s1. The van der Waals surface area contributed by atoms with Crippen LogP contribution in [-0.4, -0.2) is 413 Å². The smallest absolute Gasteiger partial charge is 0.364 e. The van der Waals surface area contributed by atoms with Gasteiger partial charge in [-0.15, -0.1) is 0 Å². The molecule has 6 aliphatic heterocycles. The summed E-state index contributed by atoms with van der Waals surface area (Å²) in [4.78, 5) is 107. The molecule has 6 fully saturated rings. The van der Waals surface area contributed by atoms with Crippen molar-refractivity contribution in [1.29, 1.82) is 0 Å². The highest BCUT2D eigenvalue weighted by atomic mass is 16.8. The van der Waals surface area contributed by atoms with Gasteiger partial charge in [0.2, 0.25) is 23.6 Å². The largest absolute Gasteiger partial charge is 0.477 e. The molecule has 46 nitrogen and oxygen atoms in total. The summed E-state index contributed by atoms with van der Waals surface area (Å²) in [6.45, 7) is -0.584. The number of nitrogens with one attached hydrogen (secondary N) is 4. The van der Waals surface area contributed by atoms with E-state index in [0.717, 1.165) is 91.9 Å². The fourth-order valence-corrected chi connectivity index (χ4v) is 18.6. The van der Waals surface area contributed by atoms with Gasteiger partial charge in [-0.25, -0.2) is 14.4 Å². The summed E-state index contributed by atoms with van der Waals surface area (Å²) in [5, 5.41) is 261. The maximum Gasteiger partial charge on any atom is 0.364 e. The van der Waals surface area contributed by atoms with Crippen molar-refractivity contribution in [3.05, 3.63) is 12.2 Å². The zero-order valence-corrected chi connectivity index (χ0v) is 80.1. The molecule has 6 rings (SSSR count). The third kappa shape index (κ3) is 35.4. The number of Topliss-reactive ketones (excluding diaryl/α,β-unsaturated/α-hetero) is 1. The number of rotatable bonds is 66. The number of amides is 4. The van der Waals surface area contributed by atoms with E-state index in [1.54, 1.807) is 6.08 Å². The topological polar surface area (TPSA) is 741 Å². The average molecular weight is 1990 g/mol. The fourth-order valence-electron chi connectivity index (χ4n) is 18.6. The van der Waals surface area contributed by atoms with Gasteiger partial charge in [-0.1, -0.05) is 193 Å². The van der Waals surface area contributed by atoms with Gasteiger partial charge < -0.3 is 195 Å². The summed E-state index contributed by atoms with van der Waals surface area (Å²) in [6, 6.07) is -7.29. The lowest BCUT2D eigenvalue weighted by Crippen LogP contribution is -2.72. The summed E-state index contributed by atoms with van der Waals surface area (Å²) in [7, 11) is 0. The van der Waals surface area contributed by atoms with E-state index in [9.17, 15) is 151 Å². The number of aliphatic hydroxyl groups excluding tert-OH is 19. The number of aliphatic hydroxyl groups is 19. The maximum atomic E-state index is 14.4. The zero-order chi connectivity index (χ0) is 102. The van der Waals surface area contributed by atoms with Crippen molar-refractivity contribution in [2.75, 3.05) is 46.2 Å². The van der Waals surface area contributed by atoms with Crippen molar-refractivity contribution in [1.82, 2.24) is 21.3 Å². The van der Waals surface area contributed by atoms with Crippen LogP contribution in [0.1, 0.15) is 260 Å². The van der Waals surface area contributed by atoms with E-state index in [-0.39, 0.29) is 6.42 Å². The number of ketones is 1. The van der Waals surface area contributed by atoms with E-state index in [0.29, 0.717) is 12.8 Å². The first-order valence-electron chi connectivity index (χ1n) is 49.1. The van der Waals surface area contributed by atoms with Crippen molar-refractivity contribution in [3.8, 4) is 0 Å². The Kier molecular flexibility index (Phi) is 53.6. The van der Waals surface area contributed by atoms with Crippen LogP contribution in [0.2, 0.25) is 0 Å². The molecule has 6 aliphatic rings. The second-order valence-electron chi connectivity index (χ2n) is 37.5. The molecule has 0 aromatic heterocycles. The second kappa shape index (κ2) is 61.0. The monoisotopic (exact) mass is 1990 g/mol. The summed E-state index contributed by atoms with van der Waals surface area (Å²) in [6.07, 6.45) is -31.4. The fraction of sp³-hybridized carbons (Fsp3) is 0.891. The normalized spacial score (nSPS) is 33.7. The molecule has 0 saturated carbocycles. The molecule has 35 atom stereocenters. The highest BCUT2D eigenvalue weighted by Gasteiger charge is 2.65. The molecule has 0 aromatic rings. The van der Waals surface area contributed by atoms with Crippen LogP contribution < -0.4 is 21.3 Å². The maximum absolute atomic E-state index is 14.4. The lowest BCUT2D eigenvalue weighted by atomic mass is 9.86. The first kappa shape index (κ1) is 121. The van der Waals surface area contributed by atoms with Gasteiger partial charge in [0, 0.05) is 58.8 Å². The van der Waals surface area contributed by atoms with Crippen LogP contribution in [0.4, 0.5) is 0 Å². The Morgan fingerprint density at radius 2 is 0.790 bits per heavy atom. The molecule has 0 aliphatic carbocycles. The van der Waals surface area contributed by atoms with Crippen molar-refractivity contribution in [3.63, 3.8) is 0 Å². The zero-order valence-electron chi connectivity index (χ0n) is 80.1.